The number of carboxylic acids is 1. The second-order valence-corrected chi connectivity index (χ2v) is 6.80. The van der Waals surface area contributed by atoms with Gasteiger partial charge in [-0.2, -0.15) is 0 Å². The molecule has 0 radical (unpaired) electrons. The van der Waals surface area contributed by atoms with Crippen molar-refractivity contribution in [1.29, 1.82) is 0 Å². The number of hydrogen-bond donors (Lipinski definition) is 1. The van der Waals surface area contributed by atoms with Gasteiger partial charge >= 0.3 is 5.97 Å². The van der Waals surface area contributed by atoms with Crippen LogP contribution in [0.3, 0.4) is 0 Å². The molecule has 1 amide bonds. The molecule has 24 heavy (non-hydrogen) atoms. The molecule has 1 fully saturated rings. The van der Waals surface area contributed by atoms with Crippen LogP contribution in [-0.2, 0) is 14.3 Å². The first-order valence-electron chi connectivity index (χ1n) is 8.51. The summed E-state index contributed by atoms with van der Waals surface area (Å²) in [6.45, 7) is 4.96. The number of amides is 1. The van der Waals surface area contributed by atoms with Crippen molar-refractivity contribution < 1.29 is 19.4 Å². The van der Waals surface area contributed by atoms with Gasteiger partial charge in [-0.25, -0.2) is 0 Å². The minimum Gasteiger partial charge on any atom is -0.481 e. The van der Waals surface area contributed by atoms with Crippen molar-refractivity contribution >= 4 is 11.9 Å². The Kier molecular flexibility index (Phi) is 5.99. The van der Waals surface area contributed by atoms with Gasteiger partial charge in [0.15, 0.2) is 0 Å². The molecular formula is C19H27NO4. The predicted octanol–water partition coefficient (Wildman–Crippen LogP) is 2.77. The molecule has 1 N–H and O–H groups in total. The van der Waals surface area contributed by atoms with E-state index in [-0.39, 0.29) is 30.9 Å². The molecule has 5 heteroatoms. The van der Waals surface area contributed by atoms with Crippen LogP contribution in [0.25, 0.3) is 0 Å². The van der Waals surface area contributed by atoms with Crippen molar-refractivity contribution in [3.05, 3.63) is 35.9 Å². The van der Waals surface area contributed by atoms with E-state index in [1.165, 1.54) is 7.11 Å². The largest absolute Gasteiger partial charge is 0.481 e. The molecule has 3 unspecified atom stereocenters. The monoisotopic (exact) mass is 333 g/mol. The lowest BCUT2D eigenvalue weighted by Crippen LogP contribution is -2.42. The number of rotatable bonds is 7. The van der Waals surface area contributed by atoms with E-state index in [0.717, 1.165) is 12.0 Å². The highest BCUT2D eigenvalue weighted by molar-refractivity contribution is 5.86. The van der Waals surface area contributed by atoms with Gasteiger partial charge in [-0.05, 0) is 17.9 Å². The Balaban J connectivity index is 2.24. The SMILES string of the molecule is CCC(C)C(C(=O)N1CCC(COC)(C(=O)O)C1)c1ccccc1. The molecule has 1 aliphatic heterocycles. The Morgan fingerprint density at radius 1 is 1.33 bits per heavy atom. The van der Waals surface area contributed by atoms with Crippen molar-refractivity contribution in [1.82, 2.24) is 4.90 Å². The number of hydrogen-bond acceptors (Lipinski definition) is 3. The number of likely N-dealkylation sites (tertiary alicyclic amines) is 1. The van der Waals surface area contributed by atoms with E-state index in [4.69, 9.17) is 4.74 Å². The zero-order valence-electron chi connectivity index (χ0n) is 14.7. The summed E-state index contributed by atoms with van der Waals surface area (Å²) in [5.74, 6) is -0.903. The zero-order valence-corrected chi connectivity index (χ0v) is 14.7. The maximum atomic E-state index is 13.2. The first-order valence-corrected chi connectivity index (χ1v) is 8.51. The summed E-state index contributed by atoms with van der Waals surface area (Å²) in [6.07, 6.45) is 1.32. The zero-order chi connectivity index (χ0) is 17.7. The highest BCUT2D eigenvalue weighted by Gasteiger charge is 2.47. The minimum absolute atomic E-state index is 0.0229. The number of methoxy groups -OCH3 is 1. The molecule has 0 spiro atoms. The van der Waals surface area contributed by atoms with Crippen LogP contribution < -0.4 is 0 Å². The molecule has 1 heterocycles. The molecule has 132 valence electrons. The molecule has 1 aromatic rings. The summed E-state index contributed by atoms with van der Waals surface area (Å²) in [5, 5.41) is 9.59. The predicted molar refractivity (Wildman–Crippen MR) is 91.8 cm³/mol. The van der Waals surface area contributed by atoms with E-state index < -0.39 is 11.4 Å². The van der Waals surface area contributed by atoms with Crippen molar-refractivity contribution in [3.63, 3.8) is 0 Å². The van der Waals surface area contributed by atoms with Crippen LogP contribution in [0.1, 0.15) is 38.2 Å². The Labute approximate surface area is 143 Å². The normalized spacial score (nSPS) is 23.0. The third-order valence-electron chi connectivity index (χ3n) is 5.18. The van der Waals surface area contributed by atoms with E-state index in [2.05, 4.69) is 13.8 Å². The van der Waals surface area contributed by atoms with Gasteiger partial charge in [-0.15, -0.1) is 0 Å². The number of ether oxygens (including phenoxy) is 1. The van der Waals surface area contributed by atoms with Crippen molar-refractivity contribution in [3.8, 4) is 0 Å². The molecule has 5 nitrogen and oxygen atoms in total. The van der Waals surface area contributed by atoms with E-state index in [9.17, 15) is 14.7 Å². The molecule has 0 saturated carbocycles. The summed E-state index contributed by atoms with van der Waals surface area (Å²) in [5.41, 5.74) is 0.0117. The Morgan fingerprint density at radius 3 is 2.54 bits per heavy atom. The number of aliphatic carboxylic acids is 1. The lowest BCUT2D eigenvalue weighted by molar-refractivity contribution is -0.151. The molecular weight excluding hydrogens is 306 g/mol. The van der Waals surface area contributed by atoms with Crippen LogP contribution in [0.4, 0.5) is 0 Å². The van der Waals surface area contributed by atoms with Crippen molar-refractivity contribution in [2.75, 3.05) is 26.8 Å². The van der Waals surface area contributed by atoms with Gasteiger partial charge in [-0.3, -0.25) is 9.59 Å². The lowest BCUT2D eigenvalue weighted by atomic mass is 9.84. The molecule has 1 aliphatic rings. The van der Waals surface area contributed by atoms with Crippen LogP contribution in [0.15, 0.2) is 30.3 Å². The second-order valence-electron chi connectivity index (χ2n) is 6.80. The summed E-state index contributed by atoms with van der Waals surface area (Å²) in [7, 11) is 1.50. The van der Waals surface area contributed by atoms with Crippen LogP contribution in [0, 0.1) is 11.3 Å². The quantitative estimate of drug-likeness (QED) is 0.833. The molecule has 3 atom stereocenters. The average molecular weight is 333 g/mol. The summed E-state index contributed by atoms with van der Waals surface area (Å²) >= 11 is 0. The minimum atomic E-state index is -0.985. The fourth-order valence-corrected chi connectivity index (χ4v) is 3.50. The van der Waals surface area contributed by atoms with Crippen LogP contribution >= 0.6 is 0 Å². The van der Waals surface area contributed by atoms with Gasteiger partial charge in [0, 0.05) is 20.2 Å². The Morgan fingerprint density at radius 2 is 2.00 bits per heavy atom. The van der Waals surface area contributed by atoms with Crippen LogP contribution in [0.2, 0.25) is 0 Å². The summed E-state index contributed by atoms with van der Waals surface area (Å²) < 4.78 is 5.11. The van der Waals surface area contributed by atoms with Crippen molar-refractivity contribution in [2.24, 2.45) is 11.3 Å². The molecule has 0 aromatic heterocycles. The van der Waals surface area contributed by atoms with E-state index in [0.29, 0.717) is 13.0 Å². The number of benzene rings is 1. The summed E-state index contributed by atoms with van der Waals surface area (Å²) in [4.78, 5) is 26.6. The fraction of sp³-hybridized carbons (Fsp3) is 0.579. The Hall–Kier alpha value is -1.88. The van der Waals surface area contributed by atoms with E-state index in [1.54, 1.807) is 4.90 Å². The number of nitrogens with zero attached hydrogens (tertiary/aromatic N) is 1. The summed E-state index contributed by atoms with van der Waals surface area (Å²) in [6, 6.07) is 9.77. The smallest absolute Gasteiger partial charge is 0.313 e. The van der Waals surface area contributed by atoms with E-state index in [1.807, 2.05) is 30.3 Å². The van der Waals surface area contributed by atoms with Gasteiger partial charge < -0.3 is 14.7 Å². The number of carbonyl (C=O) groups is 2. The molecule has 1 saturated heterocycles. The second kappa shape index (κ2) is 7.79. The van der Waals surface area contributed by atoms with Gasteiger partial charge in [0.1, 0.15) is 5.41 Å². The Bertz CT molecular complexity index is 574. The third kappa shape index (κ3) is 3.61. The standard InChI is InChI=1S/C19H27NO4/c1-4-14(2)16(15-8-6-5-7-9-15)17(21)20-11-10-19(12-20,13-24-3)18(22)23/h5-9,14,16H,4,10-13H2,1-3H3,(H,22,23). The topological polar surface area (TPSA) is 66.8 Å². The third-order valence-corrected chi connectivity index (χ3v) is 5.18. The highest BCUT2D eigenvalue weighted by Crippen LogP contribution is 2.36. The van der Waals surface area contributed by atoms with Crippen LogP contribution in [0.5, 0.6) is 0 Å². The number of carbonyl (C=O) groups excluding carboxylic acids is 1. The number of carboxylic acid groups (broad SMARTS) is 1. The van der Waals surface area contributed by atoms with Crippen LogP contribution in [-0.4, -0.2) is 48.7 Å². The van der Waals surface area contributed by atoms with Crippen molar-refractivity contribution in [2.45, 2.75) is 32.6 Å². The molecule has 0 bridgehead atoms. The van der Waals surface area contributed by atoms with Gasteiger partial charge in [0.05, 0.1) is 12.5 Å². The molecule has 2 rings (SSSR count). The van der Waals surface area contributed by atoms with E-state index >= 15 is 0 Å². The molecule has 1 aromatic carbocycles. The maximum absolute atomic E-state index is 13.2. The van der Waals surface area contributed by atoms with Gasteiger partial charge in [0.25, 0.3) is 0 Å². The first kappa shape index (κ1) is 18.5. The lowest BCUT2D eigenvalue weighted by Gasteiger charge is -2.29. The maximum Gasteiger partial charge on any atom is 0.313 e. The first-order chi connectivity index (χ1) is 11.4. The molecule has 0 aliphatic carbocycles. The fourth-order valence-electron chi connectivity index (χ4n) is 3.50. The van der Waals surface area contributed by atoms with Gasteiger partial charge in [0.2, 0.25) is 5.91 Å². The highest BCUT2D eigenvalue weighted by atomic mass is 16.5. The average Bonchev–Trinajstić information content (AvgIpc) is 3.02. The van der Waals surface area contributed by atoms with Gasteiger partial charge in [-0.1, -0.05) is 50.6 Å².